The number of nitrogens with one attached hydrogen (secondary N) is 2. The second-order valence-corrected chi connectivity index (χ2v) is 6.89. The Kier molecular flexibility index (Phi) is 6.42. The average Bonchev–Trinajstić information content (AvgIpc) is 2.74. The van der Waals surface area contributed by atoms with E-state index in [1.165, 1.54) is 13.5 Å². The van der Waals surface area contributed by atoms with Gasteiger partial charge in [0.1, 0.15) is 0 Å². The number of carbonyl (C=O) groups excluding carboxylic acids is 3. The normalized spacial score (nSPS) is 14.2. The summed E-state index contributed by atoms with van der Waals surface area (Å²) in [5.74, 6) is -0.742. The molecule has 6 heteroatoms. The number of anilines is 2. The van der Waals surface area contributed by atoms with Crippen LogP contribution in [0.25, 0.3) is 0 Å². The maximum Gasteiger partial charge on any atom is 0.339 e. The Labute approximate surface area is 164 Å². The Morgan fingerprint density at radius 2 is 1.57 bits per heavy atom. The average molecular weight is 380 g/mol. The van der Waals surface area contributed by atoms with Crippen molar-refractivity contribution in [1.29, 1.82) is 0 Å². The van der Waals surface area contributed by atoms with Gasteiger partial charge in [-0.25, -0.2) is 4.79 Å². The Hall–Kier alpha value is -3.15. The quantitative estimate of drug-likeness (QED) is 0.760. The third kappa shape index (κ3) is 4.76. The topological polar surface area (TPSA) is 84.5 Å². The molecule has 0 aliphatic heterocycles. The van der Waals surface area contributed by atoms with Gasteiger partial charge in [-0.2, -0.15) is 0 Å². The molecule has 146 valence electrons. The van der Waals surface area contributed by atoms with E-state index >= 15 is 0 Å². The van der Waals surface area contributed by atoms with Gasteiger partial charge in [0, 0.05) is 17.2 Å². The zero-order valence-electron chi connectivity index (χ0n) is 15.9. The van der Waals surface area contributed by atoms with Crippen LogP contribution in [0.2, 0.25) is 0 Å². The number of carbonyl (C=O) groups is 3. The highest BCUT2D eigenvalue weighted by Gasteiger charge is 2.21. The van der Waals surface area contributed by atoms with E-state index in [9.17, 15) is 14.4 Å². The molecular weight excluding hydrogens is 356 g/mol. The van der Waals surface area contributed by atoms with Gasteiger partial charge in [-0.1, -0.05) is 31.4 Å². The van der Waals surface area contributed by atoms with E-state index < -0.39 is 5.97 Å². The summed E-state index contributed by atoms with van der Waals surface area (Å²) in [7, 11) is 1.29. The minimum atomic E-state index is -0.517. The molecule has 0 aromatic heterocycles. The van der Waals surface area contributed by atoms with E-state index in [2.05, 4.69) is 10.6 Å². The molecule has 0 atom stereocenters. The number of hydrogen-bond donors (Lipinski definition) is 2. The summed E-state index contributed by atoms with van der Waals surface area (Å²) in [6.45, 7) is 0. The molecule has 6 nitrogen and oxygen atoms in total. The van der Waals surface area contributed by atoms with Crippen LogP contribution in [0.1, 0.15) is 52.8 Å². The van der Waals surface area contributed by atoms with Crippen molar-refractivity contribution in [2.24, 2.45) is 5.92 Å². The molecule has 2 aromatic rings. The number of para-hydroxylation sites is 1. The Morgan fingerprint density at radius 3 is 2.25 bits per heavy atom. The highest BCUT2D eigenvalue weighted by atomic mass is 16.5. The van der Waals surface area contributed by atoms with Crippen molar-refractivity contribution < 1.29 is 19.1 Å². The van der Waals surface area contributed by atoms with Crippen molar-refractivity contribution in [2.75, 3.05) is 17.7 Å². The van der Waals surface area contributed by atoms with Crippen molar-refractivity contribution in [3.8, 4) is 0 Å². The van der Waals surface area contributed by atoms with Crippen molar-refractivity contribution in [3.63, 3.8) is 0 Å². The molecule has 2 N–H and O–H groups in total. The zero-order valence-corrected chi connectivity index (χ0v) is 15.9. The van der Waals surface area contributed by atoms with E-state index in [1.54, 1.807) is 48.5 Å². The second-order valence-electron chi connectivity index (χ2n) is 6.89. The van der Waals surface area contributed by atoms with Crippen molar-refractivity contribution in [1.82, 2.24) is 0 Å². The molecule has 2 aromatic carbocycles. The predicted molar refractivity (Wildman–Crippen MR) is 107 cm³/mol. The van der Waals surface area contributed by atoms with Gasteiger partial charge in [0.2, 0.25) is 5.91 Å². The van der Waals surface area contributed by atoms with Crippen molar-refractivity contribution in [2.45, 2.75) is 32.1 Å². The zero-order chi connectivity index (χ0) is 19.9. The first-order valence-electron chi connectivity index (χ1n) is 9.48. The summed E-state index contributed by atoms with van der Waals surface area (Å²) in [6, 6.07) is 13.4. The smallest absolute Gasteiger partial charge is 0.339 e. The lowest BCUT2D eigenvalue weighted by Crippen LogP contribution is -2.24. The summed E-state index contributed by atoms with van der Waals surface area (Å²) in [5, 5.41) is 5.65. The summed E-state index contributed by atoms with van der Waals surface area (Å²) in [6.07, 6.45) is 5.28. The maximum atomic E-state index is 12.5. The molecule has 0 bridgehead atoms. The number of methoxy groups -OCH3 is 1. The molecule has 28 heavy (non-hydrogen) atoms. The van der Waals surface area contributed by atoms with E-state index in [0.29, 0.717) is 16.9 Å². The van der Waals surface area contributed by atoms with Crippen LogP contribution in [-0.2, 0) is 9.53 Å². The van der Waals surface area contributed by atoms with Crippen LogP contribution in [0.15, 0.2) is 48.5 Å². The van der Waals surface area contributed by atoms with Crippen LogP contribution in [-0.4, -0.2) is 24.9 Å². The molecule has 2 amide bonds. The molecule has 0 unspecified atom stereocenters. The molecule has 0 spiro atoms. The van der Waals surface area contributed by atoms with Crippen LogP contribution in [0, 0.1) is 5.92 Å². The fourth-order valence-corrected chi connectivity index (χ4v) is 3.39. The monoisotopic (exact) mass is 380 g/mol. The van der Waals surface area contributed by atoms with E-state index in [0.717, 1.165) is 25.7 Å². The number of amides is 2. The van der Waals surface area contributed by atoms with Crippen molar-refractivity contribution >= 4 is 29.2 Å². The fourth-order valence-electron chi connectivity index (χ4n) is 3.39. The second kappa shape index (κ2) is 9.17. The largest absolute Gasteiger partial charge is 0.465 e. The van der Waals surface area contributed by atoms with Gasteiger partial charge in [0.15, 0.2) is 0 Å². The van der Waals surface area contributed by atoms with Crippen LogP contribution in [0.3, 0.4) is 0 Å². The summed E-state index contributed by atoms with van der Waals surface area (Å²) < 4.78 is 4.74. The molecule has 3 rings (SSSR count). The van der Waals surface area contributed by atoms with E-state index in [-0.39, 0.29) is 23.3 Å². The lowest BCUT2D eigenvalue weighted by Gasteiger charge is -2.20. The van der Waals surface area contributed by atoms with Crippen molar-refractivity contribution in [3.05, 3.63) is 59.7 Å². The first-order valence-corrected chi connectivity index (χ1v) is 9.48. The maximum absolute atomic E-state index is 12.5. The Bertz CT molecular complexity index is 855. The number of rotatable bonds is 5. The van der Waals surface area contributed by atoms with Gasteiger partial charge >= 0.3 is 5.97 Å². The molecule has 0 saturated heterocycles. The lowest BCUT2D eigenvalue weighted by molar-refractivity contribution is -0.120. The third-order valence-corrected chi connectivity index (χ3v) is 4.97. The summed E-state index contributed by atoms with van der Waals surface area (Å²) in [4.78, 5) is 36.6. The number of esters is 1. The van der Waals surface area contributed by atoms with Crippen LogP contribution < -0.4 is 10.6 Å². The molecular formula is C22H24N2O4. The lowest BCUT2D eigenvalue weighted by atomic mass is 9.88. The SMILES string of the molecule is COC(=O)c1ccccc1NC(=O)c1ccc(NC(=O)C2CCCCC2)cc1. The Morgan fingerprint density at radius 1 is 0.893 bits per heavy atom. The van der Waals surface area contributed by atoms with Crippen LogP contribution in [0.4, 0.5) is 11.4 Å². The first-order chi connectivity index (χ1) is 13.6. The van der Waals surface area contributed by atoms with Gasteiger partial charge in [-0.05, 0) is 49.2 Å². The number of ether oxygens (including phenoxy) is 1. The predicted octanol–water partition coefficient (Wildman–Crippen LogP) is 4.24. The van der Waals surface area contributed by atoms with Crippen LogP contribution >= 0.6 is 0 Å². The number of benzene rings is 2. The number of hydrogen-bond acceptors (Lipinski definition) is 4. The fraction of sp³-hybridized carbons (Fsp3) is 0.318. The standard InChI is InChI=1S/C22H24N2O4/c1-28-22(27)18-9-5-6-10-19(18)24-21(26)16-11-13-17(14-12-16)23-20(25)15-7-3-2-4-8-15/h5-6,9-15H,2-4,7-8H2,1H3,(H,23,25)(H,24,26). The molecule has 0 radical (unpaired) electrons. The van der Waals surface area contributed by atoms with Gasteiger partial charge in [0.25, 0.3) is 5.91 Å². The molecule has 0 heterocycles. The minimum absolute atomic E-state index is 0.0453. The molecule has 1 saturated carbocycles. The molecule has 1 fully saturated rings. The summed E-state index contributed by atoms with van der Waals surface area (Å²) >= 11 is 0. The van der Waals surface area contributed by atoms with Gasteiger partial charge in [-0.3, -0.25) is 9.59 Å². The van der Waals surface area contributed by atoms with Gasteiger partial charge in [-0.15, -0.1) is 0 Å². The summed E-state index contributed by atoms with van der Waals surface area (Å²) in [5.41, 5.74) is 1.76. The highest BCUT2D eigenvalue weighted by Crippen LogP contribution is 2.25. The Balaban J connectivity index is 1.64. The van der Waals surface area contributed by atoms with Crippen LogP contribution in [0.5, 0.6) is 0 Å². The first kappa shape index (κ1) is 19.6. The third-order valence-electron chi connectivity index (χ3n) is 4.97. The highest BCUT2D eigenvalue weighted by molar-refractivity contribution is 6.08. The van der Waals surface area contributed by atoms with E-state index in [4.69, 9.17) is 4.74 Å². The van der Waals surface area contributed by atoms with E-state index in [1.807, 2.05) is 0 Å². The minimum Gasteiger partial charge on any atom is -0.465 e. The molecule has 1 aliphatic rings. The molecule has 1 aliphatic carbocycles. The van der Waals surface area contributed by atoms with Gasteiger partial charge in [0.05, 0.1) is 18.4 Å². The van der Waals surface area contributed by atoms with Gasteiger partial charge < -0.3 is 15.4 Å².